The Morgan fingerprint density at radius 1 is 0.947 bits per heavy atom. The SMILES string of the molecule is CCNC(CN(CC)CC)c1ccc(C(C)C)cc1. The van der Waals surface area contributed by atoms with Crippen molar-refractivity contribution in [3.63, 3.8) is 0 Å². The van der Waals surface area contributed by atoms with E-state index in [9.17, 15) is 0 Å². The molecule has 2 nitrogen and oxygen atoms in total. The summed E-state index contributed by atoms with van der Waals surface area (Å²) in [5.74, 6) is 0.606. The molecule has 0 aromatic heterocycles. The minimum Gasteiger partial charge on any atom is -0.309 e. The second-order valence-corrected chi connectivity index (χ2v) is 5.42. The molecular formula is C17H30N2. The number of nitrogens with zero attached hydrogens (tertiary/aromatic N) is 1. The Balaban J connectivity index is 2.80. The highest BCUT2D eigenvalue weighted by Crippen LogP contribution is 2.19. The molecule has 2 heteroatoms. The molecule has 0 aliphatic rings. The maximum Gasteiger partial charge on any atom is 0.0449 e. The van der Waals surface area contributed by atoms with E-state index in [1.807, 2.05) is 0 Å². The van der Waals surface area contributed by atoms with E-state index in [0.29, 0.717) is 12.0 Å². The summed E-state index contributed by atoms with van der Waals surface area (Å²) in [7, 11) is 0. The van der Waals surface area contributed by atoms with Crippen molar-refractivity contribution >= 4 is 0 Å². The molecule has 0 aliphatic heterocycles. The minimum absolute atomic E-state index is 0.436. The molecule has 108 valence electrons. The lowest BCUT2D eigenvalue weighted by Crippen LogP contribution is -2.35. The second-order valence-electron chi connectivity index (χ2n) is 5.42. The van der Waals surface area contributed by atoms with Crippen LogP contribution in [0.15, 0.2) is 24.3 Å². The average molecular weight is 262 g/mol. The molecule has 0 amide bonds. The second kappa shape index (κ2) is 8.34. The van der Waals surface area contributed by atoms with Gasteiger partial charge in [0.2, 0.25) is 0 Å². The molecule has 0 saturated heterocycles. The van der Waals surface area contributed by atoms with Crippen LogP contribution in [0.3, 0.4) is 0 Å². The van der Waals surface area contributed by atoms with Gasteiger partial charge in [0.15, 0.2) is 0 Å². The zero-order valence-corrected chi connectivity index (χ0v) is 13.2. The van der Waals surface area contributed by atoms with Crippen LogP contribution >= 0.6 is 0 Å². The Bertz CT molecular complexity index is 339. The predicted molar refractivity (Wildman–Crippen MR) is 84.7 cm³/mol. The summed E-state index contributed by atoms with van der Waals surface area (Å²) < 4.78 is 0. The summed E-state index contributed by atoms with van der Waals surface area (Å²) in [4.78, 5) is 2.48. The summed E-state index contributed by atoms with van der Waals surface area (Å²) in [6.45, 7) is 15.4. The van der Waals surface area contributed by atoms with E-state index in [0.717, 1.165) is 26.2 Å². The van der Waals surface area contributed by atoms with Crippen LogP contribution in [0.25, 0.3) is 0 Å². The third-order valence-electron chi connectivity index (χ3n) is 3.79. The van der Waals surface area contributed by atoms with Gasteiger partial charge in [-0.2, -0.15) is 0 Å². The molecule has 0 aliphatic carbocycles. The molecule has 19 heavy (non-hydrogen) atoms. The first-order valence-electron chi connectivity index (χ1n) is 7.67. The lowest BCUT2D eigenvalue weighted by molar-refractivity contribution is 0.267. The van der Waals surface area contributed by atoms with Crippen LogP contribution in [0.1, 0.15) is 57.7 Å². The fourth-order valence-electron chi connectivity index (χ4n) is 2.39. The fraction of sp³-hybridized carbons (Fsp3) is 0.647. The van der Waals surface area contributed by atoms with Crippen molar-refractivity contribution in [3.05, 3.63) is 35.4 Å². The predicted octanol–water partition coefficient (Wildman–Crippen LogP) is 3.80. The summed E-state index contributed by atoms with van der Waals surface area (Å²) in [6, 6.07) is 9.54. The van der Waals surface area contributed by atoms with E-state index >= 15 is 0 Å². The number of benzene rings is 1. The third-order valence-corrected chi connectivity index (χ3v) is 3.79. The topological polar surface area (TPSA) is 15.3 Å². The summed E-state index contributed by atoms with van der Waals surface area (Å²) in [6.07, 6.45) is 0. The minimum atomic E-state index is 0.436. The van der Waals surface area contributed by atoms with Gasteiger partial charge in [-0.25, -0.2) is 0 Å². The lowest BCUT2D eigenvalue weighted by Gasteiger charge is -2.26. The molecule has 0 saturated carbocycles. The van der Waals surface area contributed by atoms with Gasteiger partial charge in [-0.3, -0.25) is 0 Å². The van der Waals surface area contributed by atoms with Crippen LogP contribution in [0, 0.1) is 0 Å². The van der Waals surface area contributed by atoms with E-state index in [2.05, 4.69) is 69.1 Å². The van der Waals surface area contributed by atoms with Crippen LogP contribution in [0.5, 0.6) is 0 Å². The first-order chi connectivity index (χ1) is 9.12. The summed E-state index contributed by atoms with van der Waals surface area (Å²) in [5.41, 5.74) is 2.82. The standard InChI is InChI=1S/C17H30N2/c1-6-18-17(13-19(7-2)8-3)16-11-9-15(10-12-16)14(4)5/h9-12,14,17-18H,6-8,13H2,1-5H3. The first-order valence-corrected chi connectivity index (χ1v) is 7.67. The Labute approximate surface area is 119 Å². The van der Waals surface area contributed by atoms with E-state index in [1.165, 1.54) is 11.1 Å². The van der Waals surface area contributed by atoms with Gasteiger partial charge in [0.05, 0.1) is 0 Å². The molecule has 0 radical (unpaired) electrons. The lowest BCUT2D eigenvalue weighted by atomic mass is 9.99. The third kappa shape index (κ3) is 4.96. The fourth-order valence-corrected chi connectivity index (χ4v) is 2.39. The maximum atomic E-state index is 3.61. The molecule has 0 fully saturated rings. The van der Waals surface area contributed by atoms with Crippen LogP contribution in [-0.2, 0) is 0 Å². The molecule has 1 N–H and O–H groups in total. The molecule has 0 heterocycles. The Morgan fingerprint density at radius 2 is 1.47 bits per heavy atom. The Morgan fingerprint density at radius 3 is 1.89 bits per heavy atom. The van der Waals surface area contributed by atoms with Crippen molar-refractivity contribution in [1.29, 1.82) is 0 Å². The Kier molecular flexibility index (Phi) is 7.11. The highest BCUT2D eigenvalue weighted by Gasteiger charge is 2.13. The average Bonchev–Trinajstić information content (AvgIpc) is 2.43. The normalized spacial score (nSPS) is 13.2. The number of nitrogens with one attached hydrogen (secondary N) is 1. The van der Waals surface area contributed by atoms with Crippen LogP contribution < -0.4 is 5.32 Å². The van der Waals surface area contributed by atoms with Crippen LogP contribution in [0.4, 0.5) is 0 Å². The van der Waals surface area contributed by atoms with Gasteiger partial charge in [-0.15, -0.1) is 0 Å². The van der Waals surface area contributed by atoms with Crippen molar-refractivity contribution in [2.24, 2.45) is 0 Å². The largest absolute Gasteiger partial charge is 0.309 e. The molecule has 0 bridgehead atoms. The molecule has 1 unspecified atom stereocenters. The van der Waals surface area contributed by atoms with E-state index < -0.39 is 0 Å². The molecule has 1 aromatic carbocycles. The van der Waals surface area contributed by atoms with Crippen molar-refractivity contribution in [2.45, 2.75) is 46.6 Å². The van der Waals surface area contributed by atoms with Crippen LogP contribution in [0.2, 0.25) is 0 Å². The first kappa shape index (κ1) is 16.2. The van der Waals surface area contributed by atoms with Gasteiger partial charge in [0, 0.05) is 12.6 Å². The van der Waals surface area contributed by atoms with E-state index in [1.54, 1.807) is 0 Å². The van der Waals surface area contributed by atoms with Gasteiger partial charge in [0.25, 0.3) is 0 Å². The van der Waals surface area contributed by atoms with E-state index in [-0.39, 0.29) is 0 Å². The highest BCUT2D eigenvalue weighted by molar-refractivity contribution is 5.27. The quantitative estimate of drug-likeness (QED) is 0.766. The number of rotatable bonds is 8. The highest BCUT2D eigenvalue weighted by atomic mass is 15.1. The molecule has 1 aromatic rings. The monoisotopic (exact) mass is 262 g/mol. The molecule has 1 rings (SSSR count). The maximum absolute atomic E-state index is 3.61. The van der Waals surface area contributed by atoms with Crippen molar-refractivity contribution in [3.8, 4) is 0 Å². The van der Waals surface area contributed by atoms with E-state index in [4.69, 9.17) is 0 Å². The van der Waals surface area contributed by atoms with Crippen LogP contribution in [-0.4, -0.2) is 31.1 Å². The van der Waals surface area contributed by atoms with Gasteiger partial charge in [-0.05, 0) is 36.7 Å². The van der Waals surface area contributed by atoms with Gasteiger partial charge in [0.1, 0.15) is 0 Å². The molecule has 1 atom stereocenters. The van der Waals surface area contributed by atoms with Crippen molar-refractivity contribution < 1.29 is 0 Å². The zero-order chi connectivity index (χ0) is 14.3. The van der Waals surface area contributed by atoms with Gasteiger partial charge < -0.3 is 10.2 Å². The zero-order valence-electron chi connectivity index (χ0n) is 13.2. The van der Waals surface area contributed by atoms with Crippen molar-refractivity contribution in [2.75, 3.05) is 26.2 Å². The van der Waals surface area contributed by atoms with Crippen molar-refractivity contribution in [1.82, 2.24) is 10.2 Å². The number of likely N-dealkylation sites (N-methyl/N-ethyl adjacent to an activating group) is 2. The number of hydrogen-bond acceptors (Lipinski definition) is 2. The van der Waals surface area contributed by atoms with Gasteiger partial charge >= 0.3 is 0 Å². The Hall–Kier alpha value is -0.860. The number of hydrogen-bond donors (Lipinski definition) is 1. The van der Waals surface area contributed by atoms with Gasteiger partial charge in [-0.1, -0.05) is 58.9 Å². The molecular weight excluding hydrogens is 232 g/mol. The smallest absolute Gasteiger partial charge is 0.0449 e. The molecule has 0 spiro atoms. The summed E-state index contributed by atoms with van der Waals surface area (Å²) in [5, 5.41) is 3.61. The summed E-state index contributed by atoms with van der Waals surface area (Å²) >= 11 is 0.